The SMILES string of the molecule is COc1ccc(-c2cc3c(Nc4cc(C(F)(F)F)c(NC(C)(C)C)cn4)c(CO)cnc3s2)cn1.NC(=O)O. The number of hydrogen-bond donors (Lipinski definition) is 5. The molecular formula is C25H27F3N6O4S. The number of halogens is 3. The molecule has 0 aromatic carbocycles. The highest BCUT2D eigenvalue weighted by Crippen LogP contribution is 2.40. The van der Waals surface area contributed by atoms with Crippen LogP contribution in [0.15, 0.2) is 42.9 Å². The van der Waals surface area contributed by atoms with E-state index in [4.69, 9.17) is 14.6 Å². The van der Waals surface area contributed by atoms with E-state index < -0.39 is 23.4 Å². The number of fused-ring (bicyclic) bond motifs is 1. The number of carbonyl (C=O) groups is 1. The summed E-state index contributed by atoms with van der Waals surface area (Å²) in [7, 11) is 1.53. The van der Waals surface area contributed by atoms with Crippen molar-refractivity contribution in [2.75, 3.05) is 17.7 Å². The molecule has 0 atom stereocenters. The summed E-state index contributed by atoms with van der Waals surface area (Å²) in [6, 6.07) is 6.41. The number of carboxylic acid groups (broad SMARTS) is 1. The Hall–Kier alpha value is -4.17. The smallest absolute Gasteiger partial charge is 0.418 e. The maximum atomic E-state index is 13.8. The van der Waals surface area contributed by atoms with E-state index in [9.17, 15) is 18.3 Å². The highest BCUT2D eigenvalue weighted by Gasteiger charge is 2.35. The van der Waals surface area contributed by atoms with Crippen LogP contribution >= 0.6 is 11.3 Å². The maximum absolute atomic E-state index is 13.8. The first kappa shape index (κ1) is 29.4. The fourth-order valence-electron chi connectivity index (χ4n) is 3.48. The summed E-state index contributed by atoms with van der Waals surface area (Å²) < 4.78 is 46.6. The Morgan fingerprint density at radius 1 is 1.10 bits per heavy atom. The zero-order valence-corrected chi connectivity index (χ0v) is 22.2. The van der Waals surface area contributed by atoms with E-state index in [0.717, 1.165) is 22.7 Å². The summed E-state index contributed by atoms with van der Waals surface area (Å²) in [6.07, 6.45) is -1.59. The Bertz CT molecular complexity index is 1450. The molecule has 10 nitrogen and oxygen atoms in total. The summed E-state index contributed by atoms with van der Waals surface area (Å²) >= 11 is 1.40. The Morgan fingerprint density at radius 3 is 2.33 bits per heavy atom. The van der Waals surface area contributed by atoms with Gasteiger partial charge in [0.25, 0.3) is 0 Å². The number of alkyl halides is 3. The summed E-state index contributed by atoms with van der Waals surface area (Å²) in [6.45, 7) is 4.96. The molecule has 208 valence electrons. The van der Waals surface area contributed by atoms with Crippen molar-refractivity contribution in [3.8, 4) is 16.3 Å². The number of ether oxygens (including phenoxy) is 1. The van der Waals surface area contributed by atoms with Gasteiger partial charge in [-0.3, -0.25) is 0 Å². The van der Waals surface area contributed by atoms with Crippen LogP contribution in [0.2, 0.25) is 0 Å². The minimum absolute atomic E-state index is 0.00199. The van der Waals surface area contributed by atoms with E-state index in [0.29, 0.717) is 27.3 Å². The summed E-state index contributed by atoms with van der Waals surface area (Å²) in [5, 5.41) is 23.6. The number of aromatic nitrogens is 3. The molecule has 14 heteroatoms. The van der Waals surface area contributed by atoms with Crippen molar-refractivity contribution < 1.29 is 32.9 Å². The number of pyridine rings is 3. The van der Waals surface area contributed by atoms with Crippen molar-refractivity contribution in [2.45, 2.75) is 39.1 Å². The van der Waals surface area contributed by atoms with Gasteiger partial charge in [0, 0.05) is 45.4 Å². The largest absolute Gasteiger partial charge is 0.481 e. The van der Waals surface area contributed by atoms with Crippen LogP contribution in [0.5, 0.6) is 5.88 Å². The summed E-state index contributed by atoms with van der Waals surface area (Å²) in [5.74, 6) is 0.478. The van der Waals surface area contributed by atoms with Crippen LogP contribution < -0.4 is 21.1 Å². The molecule has 39 heavy (non-hydrogen) atoms. The Labute approximate surface area is 225 Å². The van der Waals surface area contributed by atoms with Gasteiger partial charge in [-0.25, -0.2) is 19.7 Å². The van der Waals surface area contributed by atoms with E-state index in [1.54, 1.807) is 33.0 Å². The van der Waals surface area contributed by atoms with Gasteiger partial charge in [0.05, 0.1) is 36.9 Å². The molecule has 6 N–H and O–H groups in total. The molecule has 0 saturated carbocycles. The van der Waals surface area contributed by atoms with Gasteiger partial charge >= 0.3 is 12.3 Å². The van der Waals surface area contributed by atoms with Crippen molar-refractivity contribution >= 4 is 44.8 Å². The predicted molar refractivity (Wildman–Crippen MR) is 143 cm³/mol. The number of nitrogens with two attached hydrogens (primary N) is 1. The molecule has 4 heterocycles. The van der Waals surface area contributed by atoms with Gasteiger partial charge in [-0.05, 0) is 39.0 Å². The van der Waals surface area contributed by atoms with Gasteiger partial charge in [0.15, 0.2) is 0 Å². The number of hydrogen-bond acceptors (Lipinski definition) is 9. The minimum atomic E-state index is -4.59. The van der Waals surface area contributed by atoms with E-state index >= 15 is 0 Å². The molecule has 0 saturated heterocycles. The van der Waals surface area contributed by atoms with Crippen LogP contribution in [0.25, 0.3) is 20.7 Å². The zero-order chi connectivity index (χ0) is 29.0. The van der Waals surface area contributed by atoms with Gasteiger partial charge in [0.1, 0.15) is 10.6 Å². The monoisotopic (exact) mass is 564 g/mol. The van der Waals surface area contributed by atoms with Gasteiger partial charge in [-0.1, -0.05) is 0 Å². The first-order valence-corrected chi connectivity index (χ1v) is 12.2. The fourth-order valence-corrected chi connectivity index (χ4v) is 4.48. The van der Waals surface area contributed by atoms with Crippen LogP contribution in [0, 0.1) is 0 Å². The molecule has 4 rings (SSSR count). The minimum Gasteiger partial charge on any atom is -0.481 e. The van der Waals surface area contributed by atoms with E-state index in [1.165, 1.54) is 24.6 Å². The predicted octanol–water partition coefficient (Wildman–Crippen LogP) is 5.85. The van der Waals surface area contributed by atoms with Crippen LogP contribution in [-0.4, -0.2) is 43.9 Å². The average molecular weight is 565 g/mol. The standard InChI is InChI=1S/C24H24F3N5O2S.CH3NO2/c1-23(2,3)32-17-11-28-19(8-16(17)24(25,26)27)31-21-14(12-33)10-30-22-15(21)7-18(35-22)13-5-6-20(34-4)29-9-13;2-1(3)4/h5-11,32-33H,12H2,1-4H3,(H,28,30,31);2H2,(H,3,4). The van der Waals surface area contributed by atoms with Crippen LogP contribution in [0.4, 0.5) is 35.2 Å². The van der Waals surface area contributed by atoms with E-state index in [1.807, 2.05) is 12.1 Å². The van der Waals surface area contributed by atoms with Gasteiger partial charge in [0.2, 0.25) is 5.88 Å². The number of nitrogens with one attached hydrogen (secondary N) is 2. The Morgan fingerprint density at radius 2 is 1.79 bits per heavy atom. The van der Waals surface area contributed by atoms with Gasteiger partial charge in [-0.2, -0.15) is 13.2 Å². The second-order valence-corrected chi connectivity index (χ2v) is 10.2. The Balaban J connectivity index is 0.000000983. The van der Waals surface area contributed by atoms with Crippen molar-refractivity contribution in [1.82, 2.24) is 15.0 Å². The molecule has 4 aromatic heterocycles. The molecule has 0 bridgehead atoms. The molecular weight excluding hydrogens is 537 g/mol. The van der Waals surface area contributed by atoms with E-state index in [2.05, 4.69) is 31.3 Å². The normalized spacial score (nSPS) is 11.5. The molecule has 0 fully saturated rings. The maximum Gasteiger partial charge on any atom is 0.418 e. The number of primary amides is 1. The molecule has 0 radical (unpaired) electrons. The second-order valence-electron chi connectivity index (χ2n) is 9.19. The molecule has 1 amide bonds. The molecule has 4 aromatic rings. The lowest BCUT2D eigenvalue weighted by Gasteiger charge is -2.25. The van der Waals surface area contributed by atoms with Crippen molar-refractivity contribution in [3.63, 3.8) is 0 Å². The molecule has 0 aliphatic carbocycles. The fraction of sp³-hybridized carbons (Fsp3) is 0.280. The number of nitrogens with zero attached hydrogens (tertiary/aromatic N) is 3. The van der Waals surface area contributed by atoms with Crippen molar-refractivity contribution in [1.29, 1.82) is 0 Å². The third-order valence-electron chi connectivity index (χ3n) is 5.01. The van der Waals surface area contributed by atoms with Crippen molar-refractivity contribution in [2.24, 2.45) is 5.73 Å². The first-order chi connectivity index (χ1) is 18.2. The lowest BCUT2D eigenvalue weighted by molar-refractivity contribution is -0.137. The lowest BCUT2D eigenvalue weighted by atomic mass is 10.1. The van der Waals surface area contributed by atoms with Gasteiger partial charge in [-0.15, -0.1) is 11.3 Å². The number of rotatable bonds is 6. The first-order valence-electron chi connectivity index (χ1n) is 11.4. The second kappa shape index (κ2) is 11.7. The Kier molecular flexibility index (Phi) is 8.81. The molecule has 0 unspecified atom stereocenters. The number of aliphatic hydroxyl groups is 1. The number of amides is 1. The highest BCUT2D eigenvalue weighted by molar-refractivity contribution is 7.21. The average Bonchev–Trinajstić information content (AvgIpc) is 3.28. The summed E-state index contributed by atoms with van der Waals surface area (Å²) in [4.78, 5) is 23.1. The number of thiophene rings is 1. The third-order valence-corrected chi connectivity index (χ3v) is 6.11. The lowest BCUT2D eigenvalue weighted by Crippen LogP contribution is -2.28. The van der Waals surface area contributed by atoms with E-state index in [-0.39, 0.29) is 18.1 Å². The summed E-state index contributed by atoms with van der Waals surface area (Å²) in [5.41, 5.74) is 4.21. The number of methoxy groups -OCH3 is 1. The number of aliphatic hydroxyl groups excluding tert-OH is 1. The molecule has 0 aliphatic heterocycles. The van der Waals surface area contributed by atoms with Crippen LogP contribution in [-0.2, 0) is 12.8 Å². The highest BCUT2D eigenvalue weighted by atomic mass is 32.1. The molecule has 0 spiro atoms. The van der Waals surface area contributed by atoms with Gasteiger partial charge < -0.3 is 31.3 Å². The topological polar surface area (TPSA) is 156 Å². The zero-order valence-electron chi connectivity index (χ0n) is 21.4. The van der Waals surface area contributed by atoms with Crippen molar-refractivity contribution in [3.05, 3.63) is 54.0 Å². The molecule has 0 aliphatic rings. The third kappa shape index (κ3) is 7.67. The van der Waals surface area contributed by atoms with Crippen LogP contribution in [0.3, 0.4) is 0 Å². The van der Waals surface area contributed by atoms with Crippen LogP contribution in [0.1, 0.15) is 31.9 Å². The quantitative estimate of drug-likeness (QED) is 0.194. The number of anilines is 3.